The van der Waals surface area contributed by atoms with Crippen molar-refractivity contribution in [3.8, 4) is 22.3 Å². The van der Waals surface area contributed by atoms with E-state index in [1.165, 1.54) is 50.5 Å². The van der Waals surface area contributed by atoms with Gasteiger partial charge in [-0.2, -0.15) is 10.2 Å². The number of nitrogens with zero attached hydrogens (tertiary/aromatic N) is 4. The zero-order valence-electron chi connectivity index (χ0n) is 28.0. The van der Waals surface area contributed by atoms with Crippen molar-refractivity contribution < 1.29 is 49.1 Å². The average molecular weight is 814 g/mol. The lowest BCUT2D eigenvalue weighted by Gasteiger charge is -2.12. The molecule has 8 nitrogen and oxygen atoms in total. The second-order valence-corrected chi connectivity index (χ2v) is 12.1. The van der Waals surface area contributed by atoms with Crippen LogP contribution in [-0.2, 0) is 20.8 Å². The molecule has 2 amide bonds. The summed E-state index contributed by atoms with van der Waals surface area (Å²) in [6.45, 7) is -0.963. The Morgan fingerprint density at radius 1 is 0.655 bits per heavy atom. The molecule has 2 N–H and O–H groups in total. The standard InChI is InChI=1S/C18H11ClF5N3O.C18H12ClF4N3O/c1-27-15(17(23)24)13(16(19)26-27)18(28)25-12-5-3-2-4-9(12)8-6-10(20)14(22)11(21)7-8;1-26-14(8-20)15(17(19)25-26)18(27)24-13-5-3-2-4-10(13)9-6-11(21)16(23)12(22)7-9/h2-7,17H,1H3,(H,25,28);2-7H,8H2,1H3,(H,24,27). The minimum Gasteiger partial charge on any atom is -0.321 e. The molecule has 0 fully saturated rings. The second kappa shape index (κ2) is 16.7. The monoisotopic (exact) mass is 812 g/mol. The van der Waals surface area contributed by atoms with Crippen molar-refractivity contribution in [2.45, 2.75) is 13.1 Å². The van der Waals surface area contributed by atoms with E-state index < -0.39 is 76.2 Å². The Bertz CT molecular complexity index is 2390. The second-order valence-electron chi connectivity index (χ2n) is 11.4. The Kier molecular flexibility index (Phi) is 12.3. The van der Waals surface area contributed by atoms with E-state index in [1.54, 1.807) is 12.1 Å². The maximum atomic E-state index is 13.6. The summed E-state index contributed by atoms with van der Waals surface area (Å²) in [5, 5.41) is 11.7. The van der Waals surface area contributed by atoms with Gasteiger partial charge in [-0.25, -0.2) is 39.5 Å². The van der Waals surface area contributed by atoms with Crippen LogP contribution in [0.15, 0.2) is 72.8 Å². The summed E-state index contributed by atoms with van der Waals surface area (Å²) in [6.07, 6.45) is -3.01. The lowest BCUT2D eigenvalue weighted by Crippen LogP contribution is -2.15. The summed E-state index contributed by atoms with van der Waals surface area (Å²) < 4.78 is 122. The fraction of sp³-hybridized carbons (Fsp3) is 0.111. The van der Waals surface area contributed by atoms with Crippen molar-refractivity contribution in [1.29, 1.82) is 0 Å². The van der Waals surface area contributed by atoms with E-state index in [-0.39, 0.29) is 50.0 Å². The van der Waals surface area contributed by atoms with Crippen LogP contribution in [0.4, 0.5) is 50.9 Å². The Balaban J connectivity index is 0.000000211. The molecule has 2 aromatic heterocycles. The SMILES string of the molecule is Cn1nc(Cl)c(C(=O)Nc2ccccc2-c2cc(F)c(F)c(F)c2)c1C(F)F.Cn1nc(Cl)c(C(=O)Nc2ccccc2-c2cc(F)c(F)c(F)c2)c1CF. The van der Waals surface area contributed by atoms with Crippen LogP contribution in [0.2, 0.25) is 10.3 Å². The number of benzene rings is 4. The predicted octanol–water partition coefficient (Wildman–Crippen LogP) is 10.2. The Hall–Kier alpha value is -5.81. The van der Waals surface area contributed by atoms with Gasteiger partial charge in [0.15, 0.2) is 45.2 Å². The van der Waals surface area contributed by atoms with E-state index in [0.29, 0.717) is 0 Å². The molecule has 19 heteroatoms. The van der Waals surface area contributed by atoms with Crippen LogP contribution < -0.4 is 10.6 Å². The van der Waals surface area contributed by atoms with Gasteiger partial charge >= 0.3 is 0 Å². The first kappa shape index (κ1) is 40.4. The van der Waals surface area contributed by atoms with Crippen LogP contribution in [0.3, 0.4) is 0 Å². The van der Waals surface area contributed by atoms with E-state index in [1.807, 2.05) is 0 Å². The normalized spacial score (nSPS) is 11.0. The molecule has 0 saturated heterocycles. The zero-order valence-corrected chi connectivity index (χ0v) is 29.5. The number of amides is 2. The molecule has 0 aliphatic heterocycles. The van der Waals surface area contributed by atoms with Gasteiger partial charge in [0.2, 0.25) is 0 Å². The third-order valence-electron chi connectivity index (χ3n) is 7.90. The zero-order chi connectivity index (χ0) is 40.3. The molecule has 0 atom stereocenters. The quantitative estimate of drug-likeness (QED) is 0.118. The number of anilines is 2. The Labute approximate surface area is 315 Å². The number of halogens is 11. The Morgan fingerprint density at radius 2 is 1.04 bits per heavy atom. The molecule has 2 heterocycles. The van der Waals surface area contributed by atoms with Crippen molar-refractivity contribution in [2.75, 3.05) is 10.6 Å². The van der Waals surface area contributed by atoms with Gasteiger partial charge in [-0.3, -0.25) is 19.0 Å². The lowest BCUT2D eigenvalue weighted by atomic mass is 10.0. The van der Waals surface area contributed by atoms with Crippen LogP contribution in [0.25, 0.3) is 22.3 Å². The molecule has 6 rings (SSSR count). The number of nitrogens with one attached hydrogen (secondary N) is 2. The minimum absolute atomic E-state index is 0.0188. The number of hydrogen-bond donors (Lipinski definition) is 2. The van der Waals surface area contributed by atoms with E-state index in [9.17, 15) is 49.1 Å². The van der Waals surface area contributed by atoms with Crippen molar-refractivity contribution in [3.63, 3.8) is 0 Å². The highest BCUT2D eigenvalue weighted by molar-refractivity contribution is 6.34. The molecule has 4 aromatic carbocycles. The van der Waals surface area contributed by atoms with Gasteiger partial charge in [-0.1, -0.05) is 59.6 Å². The van der Waals surface area contributed by atoms with E-state index in [4.69, 9.17) is 23.2 Å². The highest BCUT2D eigenvalue weighted by Crippen LogP contribution is 2.34. The third-order valence-corrected chi connectivity index (χ3v) is 8.43. The van der Waals surface area contributed by atoms with Crippen LogP contribution in [0.5, 0.6) is 0 Å². The summed E-state index contributed by atoms with van der Waals surface area (Å²) in [4.78, 5) is 25.1. The predicted molar refractivity (Wildman–Crippen MR) is 186 cm³/mol. The largest absolute Gasteiger partial charge is 0.321 e. The highest BCUT2D eigenvalue weighted by atomic mass is 35.5. The number of aryl methyl sites for hydroxylation is 2. The maximum Gasteiger partial charge on any atom is 0.280 e. The average Bonchev–Trinajstić information content (AvgIpc) is 3.61. The number of hydrogen-bond acceptors (Lipinski definition) is 4. The molecule has 6 aromatic rings. The molecule has 286 valence electrons. The van der Waals surface area contributed by atoms with Gasteiger partial charge in [0.05, 0.1) is 5.69 Å². The molecule has 0 saturated carbocycles. The van der Waals surface area contributed by atoms with Gasteiger partial charge in [-0.05, 0) is 47.5 Å². The number of para-hydroxylation sites is 2. The molecule has 0 spiro atoms. The summed E-state index contributed by atoms with van der Waals surface area (Å²) >= 11 is 11.7. The minimum atomic E-state index is -3.01. The van der Waals surface area contributed by atoms with Gasteiger partial charge in [-0.15, -0.1) is 0 Å². The van der Waals surface area contributed by atoms with Crippen molar-refractivity contribution >= 4 is 46.4 Å². The molecule has 0 bridgehead atoms. The van der Waals surface area contributed by atoms with Crippen LogP contribution in [-0.4, -0.2) is 31.4 Å². The highest BCUT2D eigenvalue weighted by Gasteiger charge is 2.28. The van der Waals surface area contributed by atoms with Crippen molar-refractivity contribution in [2.24, 2.45) is 14.1 Å². The smallest absolute Gasteiger partial charge is 0.280 e. The molecule has 0 radical (unpaired) electrons. The summed E-state index contributed by atoms with van der Waals surface area (Å²) in [5.41, 5.74) is -0.788. The van der Waals surface area contributed by atoms with Crippen molar-refractivity contribution in [3.05, 3.63) is 141 Å². The molecule has 0 unspecified atom stereocenters. The fourth-order valence-corrected chi connectivity index (χ4v) is 5.95. The summed E-state index contributed by atoms with van der Waals surface area (Å²) in [7, 11) is 2.65. The summed E-state index contributed by atoms with van der Waals surface area (Å²) in [6, 6.07) is 15.1. The molecule has 0 aliphatic carbocycles. The number of alkyl halides is 3. The number of carbonyl (C=O) groups is 2. The number of aromatic nitrogens is 4. The lowest BCUT2D eigenvalue weighted by molar-refractivity contribution is 0.100. The third kappa shape index (κ3) is 8.47. The van der Waals surface area contributed by atoms with E-state index >= 15 is 0 Å². The van der Waals surface area contributed by atoms with E-state index in [0.717, 1.165) is 33.6 Å². The topological polar surface area (TPSA) is 93.8 Å². The number of carbonyl (C=O) groups excluding carboxylic acids is 2. The first-order chi connectivity index (χ1) is 26.0. The maximum absolute atomic E-state index is 13.6. The first-order valence-corrected chi connectivity index (χ1v) is 16.2. The van der Waals surface area contributed by atoms with Gasteiger partial charge < -0.3 is 10.6 Å². The molecular formula is C36H23Cl2F9N6O2. The van der Waals surface area contributed by atoms with Crippen LogP contribution in [0.1, 0.15) is 38.5 Å². The number of rotatable bonds is 8. The summed E-state index contributed by atoms with van der Waals surface area (Å²) in [5.74, 6) is -10.5. The Morgan fingerprint density at radius 3 is 1.45 bits per heavy atom. The van der Waals surface area contributed by atoms with Crippen LogP contribution >= 0.6 is 23.2 Å². The van der Waals surface area contributed by atoms with Gasteiger partial charge in [0.25, 0.3) is 18.2 Å². The molecular weight excluding hydrogens is 790 g/mol. The van der Waals surface area contributed by atoms with Crippen molar-refractivity contribution in [1.82, 2.24) is 19.6 Å². The van der Waals surface area contributed by atoms with E-state index in [2.05, 4.69) is 20.8 Å². The van der Waals surface area contributed by atoms with Gasteiger partial charge in [0, 0.05) is 36.6 Å². The van der Waals surface area contributed by atoms with Crippen LogP contribution in [0, 0.1) is 34.9 Å². The first-order valence-electron chi connectivity index (χ1n) is 15.4. The molecule has 55 heavy (non-hydrogen) atoms. The van der Waals surface area contributed by atoms with Gasteiger partial charge in [0.1, 0.15) is 23.5 Å². The fourth-order valence-electron chi connectivity index (χ4n) is 5.34. The molecule has 0 aliphatic rings.